The average molecular weight is 249 g/mol. The van der Waals surface area contributed by atoms with Crippen LogP contribution in [0.3, 0.4) is 0 Å². The number of ether oxygens (including phenoxy) is 1. The quantitative estimate of drug-likeness (QED) is 0.746. The molecule has 0 bridgehead atoms. The van der Waals surface area contributed by atoms with Gasteiger partial charge >= 0.3 is 0 Å². The Bertz CT molecular complexity index is 311. The molecule has 0 radical (unpaired) electrons. The normalized spacial score (nSPS) is 25.8. The molecule has 0 aliphatic carbocycles. The molecule has 5 heteroatoms. The van der Waals surface area contributed by atoms with Crippen LogP contribution in [-0.4, -0.2) is 37.4 Å². The van der Waals surface area contributed by atoms with E-state index < -0.39 is 15.5 Å². The highest BCUT2D eigenvalue weighted by atomic mass is 32.2. The zero-order chi connectivity index (χ0) is 12.3. The van der Waals surface area contributed by atoms with E-state index in [0.29, 0.717) is 25.5 Å². The van der Waals surface area contributed by atoms with Crippen LogP contribution in [-0.2, 0) is 14.8 Å². The molecule has 0 aromatic carbocycles. The van der Waals surface area contributed by atoms with Gasteiger partial charge in [-0.3, -0.25) is 0 Å². The fraction of sp³-hybridized carbons (Fsp3) is 1.00. The van der Waals surface area contributed by atoms with Crippen LogP contribution in [0.2, 0.25) is 0 Å². The minimum atomic E-state index is -3.21. The Kier molecular flexibility index (Phi) is 4.76. The van der Waals surface area contributed by atoms with Crippen molar-refractivity contribution in [2.24, 2.45) is 5.92 Å². The van der Waals surface area contributed by atoms with E-state index in [0.717, 1.165) is 6.42 Å². The van der Waals surface area contributed by atoms with Gasteiger partial charge in [0.1, 0.15) is 0 Å². The molecule has 1 unspecified atom stereocenters. The lowest BCUT2D eigenvalue weighted by atomic mass is 10.1. The van der Waals surface area contributed by atoms with Crippen molar-refractivity contribution >= 4 is 10.0 Å². The van der Waals surface area contributed by atoms with E-state index in [4.69, 9.17) is 4.74 Å². The van der Waals surface area contributed by atoms with Crippen LogP contribution in [0.5, 0.6) is 0 Å². The van der Waals surface area contributed by atoms with Gasteiger partial charge in [-0.05, 0) is 26.2 Å². The molecule has 1 atom stereocenters. The molecule has 1 rings (SSSR count). The van der Waals surface area contributed by atoms with E-state index in [1.54, 1.807) is 0 Å². The summed E-state index contributed by atoms with van der Waals surface area (Å²) in [6, 6.07) is 0.0312. The topological polar surface area (TPSA) is 46.6 Å². The number of rotatable bonds is 5. The first kappa shape index (κ1) is 13.9. The minimum absolute atomic E-state index is 0.0312. The van der Waals surface area contributed by atoms with Crippen LogP contribution in [0.4, 0.5) is 0 Å². The van der Waals surface area contributed by atoms with Gasteiger partial charge in [-0.15, -0.1) is 0 Å². The molecule has 0 amide bonds. The first-order chi connectivity index (χ1) is 7.35. The van der Waals surface area contributed by atoms with Gasteiger partial charge in [0.25, 0.3) is 0 Å². The Labute approximate surface area is 99.0 Å². The van der Waals surface area contributed by atoms with Gasteiger partial charge in [0.15, 0.2) is 5.44 Å². The summed E-state index contributed by atoms with van der Waals surface area (Å²) in [5, 5.41) is 0. The summed E-state index contributed by atoms with van der Waals surface area (Å²) in [4.78, 5) is 0. The van der Waals surface area contributed by atoms with Crippen molar-refractivity contribution in [1.82, 2.24) is 4.31 Å². The molecule has 0 saturated carbocycles. The second kappa shape index (κ2) is 5.47. The van der Waals surface area contributed by atoms with Crippen LogP contribution < -0.4 is 0 Å². The summed E-state index contributed by atoms with van der Waals surface area (Å²) in [7, 11) is -3.21. The van der Waals surface area contributed by atoms with Crippen molar-refractivity contribution < 1.29 is 13.2 Å². The van der Waals surface area contributed by atoms with Gasteiger partial charge in [0.2, 0.25) is 10.0 Å². The lowest BCUT2D eigenvalue weighted by molar-refractivity contribution is 0.0975. The van der Waals surface area contributed by atoms with Gasteiger partial charge in [-0.25, -0.2) is 8.42 Å². The smallest absolute Gasteiger partial charge is 0.241 e. The molecule has 96 valence electrons. The van der Waals surface area contributed by atoms with E-state index in [-0.39, 0.29) is 6.04 Å². The molecule has 16 heavy (non-hydrogen) atoms. The minimum Gasteiger partial charge on any atom is -0.361 e. The van der Waals surface area contributed by atoms with Gasteiger partial charge in [-0.2, -0.15) is 4.31 Å². The number of hydrogen-bond acceptors (Lipinski definition) is 3. The molecule has 0 aromatic heterocycles. The lowest BCUT2D eigenvalue weighted by Crippen LogP contribution is -2.35. The molecule has 0 N–H and O–H groups in total. The maximum absolute atomic E-state index is 12.0. The lowest BCUT2D eigenvalue weighted by Gasteiger charge is -2.20. The van der Waals surface area contributed by atoms with Gasteiger partial charge in [-0.1, -0.05) is 13.8 Å². The molecule has 1 fully saturated rings. The third-order valence-corrected chi connectivity index (χ3v) is 5.11. The molecular formula is C11H23NO3S. The highest BCUT2D eigenvalue weighted by Crippen LogP contribution is 2.25. The predicted molar refractivity (Wildman–Crippen MR) is 64.6 cm³/mol. The maximum atomic E-state index is 12.0. The zero-order valence-electron chi connectivity index (χ0n) is 10.6. The zero-order valence-corrected chi connectivity index (χ0v) is 11.5. The summed E-state index contributed by atoms with van der Waals surface area (Å²) in [6.45, 7) is 9.13. The summed E-state index contributed by atoms with van der Waals surface area (Å²) in [6.07, 6.45) is 1.51. The monoisotopic (exact) mass is 249 g/mol. The Morgan fingerprint density at radius 1 is 1.31 bits per heavy atom. The highest BCUT2D eigenvalue weighted by molar-refractivity contribution is 7.89. The van der Waals surface area contributed by atoms with Gasteiger partial charge in [0.05, 0.1) is 0 Å². The van der Waals surface area contributed by atoms with Crippen LogP contribution >= 0.6 is 0 Å². The Hall–Kier alpha value is -0.130. The number of hydrogen-bond donors (Lipinski definition) is 0. The average Bonchev–Trinajstić information content (AvgIpc) is 2.41. The summed E-state index contributed by atoms with van der Waals surface area (Å²) >= 11 is 0. The van der Waals surface area contributed by atoms with Crippen LogP contribution in [0.1, 0.15) is 40.5 Å². The van der Waals surface area contributed by atoms with Crippen molar-refractivity contribution in [3.8, 4) is 0 Å². The fourth-order valence-corrected chi connectivity index (χ4v) is 3.74. The van der Waals surface area contributed by atoms with Crippen molar-refractivity contribution in [3.63, 3.8) is 0 Å². The highest BCUT2D eigenvalue weighted by Gasteiger charge is 2.40. The largest absolute Gasteiger partial charge is 0.361 e. The summed E-state index contributed by atoms with van der Waals surface area (Å²) in [5.41, 5.74) is -0.617. The summed E-state index contributed by atoms with van der Waals surface area (Å²) in [5.74, 6) is 0.547. The van der Waals surface area contributed by atoms with Crippen molar-refractivity contribution in [2.45, 2.75) is 52.0 Å². The van der Waals surface area contributed by atoms with E-state index in [9.17, 15) is 8.42 Å². The third kappa shape index (κ3) is 3.18. The second-order valence-corrected chi connectivity index (χ2v) is 7.05. The van der Waals surface area contributed by atoms with E-state index >= 15 is 0 Å². The maximum Gasteiger partial charge on any atom is 0.241 e. The first-order valence-corrected chi connectivity index (χ1v) is 7.48. The molecule has 0 aromatic rings. The molecule has 1 saturated heterocycles. The predicted octanol–water partition coefficient (Wildman–Crippen LogP) is 1.82. The Balaban J connectivity index is 2.52. The van der Waals surface area contributed by atoms with Crippen molar-refractivity contribution in [2.75, 3.05) is 13.2 Å². The van der Waals surface area contributed by atoms with Crippen molar-refractivity contribution in [1.29, 1.82) is 0 Å². The number of sulfonamides is 1. The Morgan fingerprint density at radius 2 is 1.94 bits per heavy atom. The SMILES string of the molecule is CC(C)CCOC1CCN(C(C)C)S1(=O)=O. The third-order valence-electron chi connectivity index (χ3n) is 2.82. The fourth-order valence-electron chi connectivity index (χ4n) is 1.82. The molecule has 1 heterocycles. The van der Waals surface area contributed by atoms with Crippen molar-refractivity contribution in [3.05, 3.63) is 0 Å². The molecule has 1 aliphatic rings. The Morgan fingerprint density at radius 3 is 2.38 bits per heavy atom. The van der Waals surface area contributed by atoms with Gasteiger partial charge < -0.3 is 4.74 Å². The van der Waals surface area contributed by atoms with Crippen LogP contribution in [0.25, 0.3) is 0 Å². The number of nitrogens with zero attached hydrogens (tertiary/aromatic N) is 1. The van der Waals surface area contributed by atoms with E-state index in [1.807, 2.05) is 13.8 Å². The van der Waals surface area contributed by atoms with E-state index in [1.165, 1.54) is 4.31 Å². The standard InChI is InChI=1S/C11H23NO3S/c1-9(2)6-8-15-11-5-7-12(10(3)4)16(11,13)14/h9-11H,5-8H2,1-4H3. The van der Waals surface area contributed by atoms with Gasteiger partial charge in [0, 0.05) is 25.6 Å². The van der Waals surface area contributed by atoms with Crippen LogP contribution in [0.15, 0.2) is 0 Å². The first-order valence-electron chi connectivity index (χ1n) is 5.98. The molecule has 1 aliphatic heterocycles. The van der Waals surface area contributed by atoms with E-state index in [2.05, 4.69) is 13.8 Å². The second-order valence-electron chi connectivity index (χ2n) is 5.02. The molecule has 0 spiro atoms. The van der Waals surface area contributed by atoms with Crippen LogP contribution in [0, 0.1) is 5.92 Å². The molecular weight excluding hydrogens is 226 g/mol. The molecule has 4 nitrogen and oxygen atoms in total. The summed E-state index contributed by atoms with van der Waals surface area (Å²) < 4.78 is 31.0.